The maximum absolute atomic E-state index is 12.1. The molecular formula is C13H16Cl2N2O2. The molecule has 0 aromatic heterocycles. The smallest absolute Gasteiger partial charge is 0.247 e. The van der Waals surface area contributed by atoms with E-state index in [-0.39, 0.29) is 17.7 Å². The van der Waals surface area contributed by atoms with Crippen LogP contribution in [0.2, 0.25) is 10.0 Å². The minimum Gasteiger partial charge on any atom is -0.344 e. The highest BCUT2D eigenvalue weighted by Crippen LogP contribution is 2.25. The van der Waals surface area contributed by atoms with Crippen LogP contribution < -0.4 is 10.6 Å². The SMILES string of the molecule is CC(=O)NC(C(=O)Nc1cc(Cl)ccc1Cl)C(C)C. The monoisotopic (exact) mass is 302 g/mol. The topological polar surface area (TPSA) is 58.2 Å². The molecule has 0 aliphatic carbocycles. The van der Waals surface area contributed by atoms with Crippen molar-refractivity contribution >= 4 is 40.7 Å². The first kappa shape index (κ1) is 15.8. The summed E-state index contributed by atoms with van der Waals surface area (Å²) in [5, 5.41) is 6.14. The molecule has 0 heterocycles. The van der Waals surface area contributed by atoms with E-state index in [2.05, 4.69) is 10.6 Å². The van der Waals surface area contributed by atoms with E-state index in [1.807, 2.05) is 13.8 Å². The van der Waals surface area contributed by atoms with Gasteiger partial charge >= 0.3 is 0 Å². The Morgan fingerprint density at radius 1 is 1.21 bits per heavy atom. The maximum atomic E-state index is 12.1. The molecule has 1 rings (SSSR count). The molecule has 19 heavy (non-hydrogen) atoms. The summed E-state index contributed by atoms with van der Waals surface area (Å²) in [6, 6.07) is 4.18. The van der Waals surface area contributed by atoms with Crippen LogP contribution in [-0.4, -0.2) is 17.9 Å². The van der Waals surface area contributed by atoms with E-state index in [0.29, 0.717) is 15.7 Å². The van der Waals surface area contributed by atoms with Gasteiger partial charge in [0.15, 0.2) is 0 Å². The fraction of sp³-hybridized carbons (Fsp3) is 0.385. The van der Waals surface area contributed by atoms with E-state index in [1.165, 1.54) is 6.92 Å². The van der Waals surface area contributed by atoms with Crippen LogP contribution in [0.1, 0.15) is 20.8 Å². The lowest BCUT2D eigenvalue weighted by Crippen LogP contribution is -2.46. The molecule has 0 radical (unpaired) electrons. The summed E-state index contributed by atoms with van der Waals surface area (Å²) in [6.07, 6.45) is 0. The molecular weight excluding hydrogens is 287 g/mol. The molecule has 1 unspecified atom stereocenters. The molecule has 1 aromatic carbocycles. The molecule has 2 N–H and O–H groups in total. The maximum Gasteiger partial charge on any atom is 0.247 e. The van der Waals surface area contributed by atoms with Crippen LogP contribution in [0.5, 0.6) is 0 Å². The fourth-order valence-corrected chi connectivity index (χ4v) is 1.89. The lowest BCUT2D eigenvalue weighted by Gasteiger charge is -2.21. The number of hydrogen-bond donors (Lipinski definition) is 2. The third-order valence-electron chi connectivity index (χ3n) is 2.49. The normalized spacial score (nSPS) is 12.1. The Kier molecular flexibility index (Phi) is 5.63. The lowest BCUT2D eigenvalue weighted by molar-refractivity contribution is -0.126. The molecule has 0 saturated heterocycles. The van der Waals surface area contributed by atoms with Gasteiger partial charge in [0, 0.05) is 11.9 Å². The van der Waals surface area contributed by atoms with Crippen molar-refractivity contribution < 1.29 is 9.59 Å². The third kappa shape index (κ3) is 4.73. The fourth-order valence-electron chi connectivity index (χ4n) is 1.56. The van der Waals surface area contributed by atoms with Crippen LogP contribution in [0.25, 0.3) is 0 Å². The van der Waals surface area contributed by atoms with Crippen molar-refractivity contribution in [3.63, 3.8) is 0 Å². The highest BCUT2D eigenvalue weighted by atomic mass is 35.5. The van der Waals surface area contributed by atoms with Crippen LogP contribution in [0, 0.1) is 5.92 Å². The zero-order valence-electron chi connectivity index (χ0n) is 11.0. The molecule has 1 atom stereocenters. The van der Waals surface area contributed by atoms with Gasteiger partial charge in [0.05, 0.1) is 10.7 Å². The number of benzene rings is 1. The molecule has 0 fully saturated rings. The zero-order chi connectivity index (χ0) is 14.6. The number of nitrogens with one attached hydrogen (secondary N) is 2. The summed E-state index contributed by atoms with van der Waals surface area (Å²) in [4.78, 5) is 23.2. The Morgan fingerprint density at radius 2 is 1.84 bits per heavy atom. The summed E-state index contributed by atoms with van der Waals surface area (Å²) in [5.74, 6) is -0.623. The van der Waals surface area contributed by atoms with Gasteiger partial charge in [-0.1, -0.05) is 37.0 Å². The molecule has 0 saturated carbocycles. The van der Waals surface area contributed by atoms with E-state index in [9.17, 15) is 9.59 Å². The summed E-state index contributed by atoms with van der Waals surface area (Å²) in [5.41, 5.74) is 0.426. The standard InChI is InChI=1S/C13H16Cl2N2O2/c1-7(2)12(16-8(3)18)13(19)17-11-6-9(14)4-5-10(11)15/h4-7,12H,1-3H3,(H,16,18)(H,17,19). The van der Waals surface area contributed by atoms with Gasteiger partial charge < -0.3 is 10.6 Å². The van der Waals surface area contributed by atoms with E-state index in [4.69, 9.17) is 23.2 Å². The lowest BCUT2D eigenvalue weighted by atomic mass is 10.0. The first-order chi connectivity index (χ1) is 8.81. The van der Waals surface area contributed by atoms with Crippen LogP contribution >= 0.6 is 23.2 Å². The van der Waals surface area contributed by atoms with Gasteiger partial charge in [0.2, 0.25) is 11.8 Å². The van der Waals surface area contributed by atoms with E-state index in [1.54, 1.807) is 18.2 Å². The zero-order valence-corrected chi connectivity index (χ0v) is 12.5. The molecule has 0 aliphatic rings. The molecule has 1 aromatic rings. The van der Waals surface area contributed by atoms with Crippen LogP contribution in [0.4, 0.5) is 5.69 Å². The summed E-state index contributed by atoms with van der Waals surface area (Å²) in [6.45, 7) is 5.06. The first-order valence-electron chi connectivity index (χ1n) is 5.84. The van der Waals surface area contributed by atoms with Gasteiger partial charge in [-0.15, -0.1) is 0 Å². The number of carbonyl (C=O) groups excluding carboxylic acids is 2. The summed E-state index contributed by atoms with van der Waals surface area (Å²) in [7, 11) is 0. The average molecular weight is 303 g/mol. The second kappa shape index (κ2) is 6.78. The van der Waals surface area contributed by atoms with Crippen molar-refractivity contribution in [1.29, 1.82) is 0 Å². The number of halogens is 2. The van der Waals surface area contributed by atoms with Crippen LogP contribution in [-0.2, 0) is 9.59 Å². The Hall–Kier alpha value is -1.26. The molecule has 4 nitrogen and oxygen atoms in total. The van der Waals surface area contributed by atoms with Crippen LogP contribution in [0.3, 0.4) is 0 Å². The van der Waals surface area contributed by atoms with Gasteiger partial charge in [-0.3, -0.25) is 9.59 Å². The highest BCUT2D eigenvalue weighted by Gasteiger charge is 2.23. The van der Waals surface area contributed by atoms with Crippen molar-refractivity contribution in [3.05, 3.63) is 28.2 Å². The Bertz CT molecular complexity index is 490. The summed E-state index contributed by atoms with van der Waals surface area (Å²) >= 11 is 11.8. The van der Waals surface area contributed by atoms with Crippen LogP contribution in [0.15, 0.2) is 18.2 Å². The molecule has 0 bridgehead atoms. The van der Waals surface area contributed by atoms with Crippen molar-refractivity contribution in [2.45, 2.75) is 26.8 Å². The predicted octanol–water partition coefficient (Wildman–Crippen LogP) is 3.09. The minimum atomic E-state index is -0.618. The van der Waals surface area contributed by atoms with Gasteiger partial charge in [0.1, 0.15) is 6.04 Å². The van der Waals surface area contributed by atoms with Gasteiger partial charge in [-0.05, 0) is 24.1 Å². The third-order valence-corrected chi connectivity index (χ3v) is 3.06. The second-order valence-corrected chi connectivity index (χ2v) is 5.38. The van der Waals surface area contributed by atoms with Gasteiger partial charge in [-0.25, -0.2) is 0 Å². The molecule has 104 valence electrons. The molecule has 0 spiro atoms. The largest absolute Gasteiger partial charge is 0.344 e. The Labute approximate surface area is 122 Å². The van der Waals surface area contributed by atoms with E-state index < -0.39 is 6.04 Å². The number of rotatable bonds is 4. The average Bonchev–Trinajstić information content (AvgIpc) is 2.30. The Morgan fingerprint density at radius 3 is 2.37 bits per heavy atom. The number of hydrogen-bond acceptors (Lipinski definition) is 2. The summed E-state index contributed by atoms with van der Waals surface area (Å²) < 4.78 is 0. The number of anilines is 1. The van der Waals surface area contributed by atoms with E-state index in [0.717, 1.165) is 0 Å². The highest BCUT2D eigenvalue weighted by molar-refractivity contribution is 6.35. The predicted molar refractivity (Wildman–Crippen MR) is 77.5 cm³/mol. The molecule has 6 heteroatoms. The van der Waals surface area contributed by atoms with Crippen molar-refractivity contribution in [2.24, 2.45) is 5.92 Å². The van der Waals surface area contributed by atoms with Crippen molar-refractivity contribution in [2.75, 3.05) is 5.32 Å². The second-order valence-electron chi connectivity index (χ2n) is 4.54. The van der Waals surface area contributed by atoms with Gasteiger partial charge in [0.25, 0.3) is 0 Å². The van der Waals surface area contributed by atoms with Crippen molar-refractivity contribution in [1.82, 2.24) is 5.32 Å². The number of amides is 2. The number of carbonyl (C=O) groups is 2. The Balaban J connectivity index is 2.87. The van der Waals surface area contributed by atoms with Gasteiger partial charge in [-0.2, -0.15) is 0 Å². The quantitative estimate of drug-likeness (QED) is 0.898. The molecule has 0 aliphatic heterocycles. The van der Waals surface area contributed by atoms with Crippen molar-refractivity contribution in [3.8, 4) is 0 Å². The first-order valence-corrected chi connectivity index (χ1v) is 6.60. The minimum absolute atomic E-state index is 0.0399. The van der Waals surface area contributed by atoms with E-state index >= 15 is 0 Å². The molecule has 2 amide bonds.